The van der Waals surface area contributed by atoms with Gasteiger partial charge >= 0.3 is 0 Å². The zero-order chi connectivity index (χ0) is 35.1. The molecule has 4 nitrogen and oxygen atoms in total. The summed E-state index contributed by atoms with van der Waals surface area (Å²) in [5.41, 5.74) is 6.73. The first-order valence-corrected chi connectivity index (χ1v) is 20.9. The van der Waals surface area contributed by atoms with Crippen LogP contribution in [0, 0.1) is 69.0 Å². The van der Waals surface area contributed by atoms with Gasteiger partial charge in [0.15, 0.2) is 0 Å². The topological polar surface area (TPSA) is 62.5 Å². The number of carbonyl (C=O) groups excluding carboxylic acids is 1. The Morgan fingerprint density at radius 2 is 1.36 bits per heavy atom. The van der Waals surface area contributed by atoms with Gasteiger partial charge in [-0.3, -0.25) is 14.8 Å². The Morgan fingerprint density at radius 1 is 0.760 bits per heavy atom. The van der Waals surface area contributed by atoms with Crippen molar-refractivity contribution in [3.63, 3.8) is 0 Å². The van der Waals surface area contributed by atoms with Crippen molar-refractivity contribution < 1.29 is 9.90 Å². The van der Waals surface area contributed by atoms with E-state index in [4.69, 9.17) is 4.99 Å². The second-order valence-corrected chi connectivity index (χ2v) is 19.8. The van der Waals surface area contributed by atoms with Crippen LogP contribution in [0.4, 0.5) is 0 Å². The van der Waals surface area contributed by atoms with Crippen LogP contribution >= 0.6 is 0 Å². The molecule has 1 aromatic rings. The van der Waals surface area contributed by atoms with Crippen molar-refractivity contribution in [2.75, 3.05) is 0 Å². The van der Waals surface area contributed by atoms with E-state index in [2.05, 4.69) is 70.8 Å². The molecule has 9 rings (SSSR count). The second kappa shape index (κ2) is 12.8. The Hall–Kier alpha value is -2.07. The SMILES string of the molecule is C[C@H]1CC[C@@]2(C)C(=CC[C@@H]3[C@@H]2CC[C@]2(C)C(=NCc4ccccn4)CC[C@@H]32)C1.C[C@H]1CC[C@@]2(C)C(=CC[C@H]3[C@@H]4CCC(=O)[C@@]4(C)[C@H](O)C[C@@H]32)C1. The number of carbonyl (C=O) groups is 1. The van der Waals surface area contributed by atoms with Gasteiger partial charge in [-0.05, 0) is 167 Å². The maximum absolute atomic E-state index is 12.4. The van der Waals surface area contributed by atoms with Crippen LogP contribution in [-0.2, 0) is 11.3 Å². The highest BCUT2D eigenvalue weighted by molar-refractivity contribution is 5.92. The molecule has 6 saturated carbocycles. The Morgan fingerprint density at radius 3 is 2.02 bits per heavy atom. The van der Waals surface area contributed by atoms with Gasteiger partial charge in [-0.25, -0.2) is 0 Å². The van der Waals surface area contributed by atoms with E-state index >= 15 is 0 Å². The van der Waals surface area contributed by atoms with Crippen LogP contribution in [0.15, 0.2) is 52.7 Å². The summed E-state index contributed by atoms with van der Waals surface area (Å²) in [7, 11) is 0. The first-order chi connectivity index (χ1) is 23.9. The highest BCUT2D eigenvalue weighted by atomic mass is 16.3. The van der Waals surface area contributed by atoms with Crippen molar-refractivity contribution >= 4 is 11.5 Å². The molecule has 0 radical (unpaired) electrons. The molecule has 0 spiro atoms. The second-order valence-electron chi connectivity index (χ2n) is 19.8. The standard InChI is InChI=1S/C26H36N2.C20H30O2/c1-18-11-13-25(2)19(16-18)7-8-21-22-9-10-24(26(22,3)14-12-23(21)25)28-17-20-6-4-5-15-27-20;1-12-8-9-19(2)13(10-12)4-5-14-15-6-7-17(21)20(15,3)18(22)11-16(14)19/h4-7,15,18,21-23H,8-14,16-17H2,1-3H3;4,12,14-16,18,22H,5-11H2,1-3H3/t18-,21-,22-,23-,25-,26-;12-,14-,15-,16-,18+,19-,20-/m00/s1. The smallest absolute Gasteiger partial charge is 0.141 e. The number of allylic oxidation sites excluding steroid dienone is 4. The molecule has 1 aromatic heterocycles. The fourth-order valence-electron chi connectivity index (χ4n) is 14.2. The van der Waals surface area contributed by atoms with Crippen LogP contribution in [0.2, 0.25) is 0 Å². The maximum Gasteiger partial charge on any atom is 0.141 e. The van der Waals surface area contributed by atoms with Crippen molar-refractivity contribution in [3.05, 3.63) is 53.4 Å². The third-order valence-corrected chi connectivity index (χ3v) is 17.4. The molecule has 0 unspecified atom stereocenters. The average molecular weight is 679 g/mol. The summed E-state index contributed by atoms with van der Waals surface area (Å²) in [4.78, 5) is 22.1. The predicted molar refractivity (Wildman–Crippen MR) is 204 cm³/mol. The van der Waals surface area contributed by atoms with E-state index in [9.17, 15) is 9.90 Å². The largest absolute Gasteiger partial charge is 0.392 e. The molecule has 6 fully saturated rings. The molecule has 0 aliphatic heterocycles. The Labute approximate surface area is 303 Å². The third-order valence-electron chi connectivity index (χ3n) is 17.4. The number of hydrogen-bond donors (Lipinski definition) is 1. The van der Waals surface area contributed by atoms with Gasteiger partial charge in [0.05, 0.1) is 23.8 Å². The summed E-state index contributed by atoms with van der Waals surface area (Å²) < 4.78 is 0. The number of aromatic nitrogens is 1. The molecular weight excluding hydrogens is 613 g/mol. The van der Waals surface area contributed by atoms with Gasteiger partial charge in [0.25, 0.3) is 0 Å². The number of aliphatic hydroxyl groups is 1. The lowest BCUT2D eigenvalue weighted by atomic mass is 9.47. The number of fused-ring (bicyclic) bond motifs is 10. The Bertz CT molecular complexity index is 1560. The van der Waals surface area contributed by atoms with Crippen LogP contribution in [0.25, 0.3) is 0 Å². The zero-order valence-electron chi connectivity index (χ0n) is 32.2. The summed E-state index contributed by atoms with van der Waals surface area (Å²) in [6.45, 7) is 15.2. The van der Waals surface area contributed by atoms with Gasteiger partial charge in [0.2, 0.25) is 0 Å². The lowest BCUT2D eigenvalue weighted by Crippen LogP contribution is -2.56. The van der Waals surface area contributed by atoms with Crippen LogP contribution in [0.5, 0.6) is 0 Å². The van der Waals surface area contributed by atoms with Gasteiger partial charge in [0, 0.05) is 23.7 Å². The van der Waals surface area contributed by atoms with Crippen molar-refractivity contribution in [2.24, 2.45) is 74.0 Å². The first kappa shape index (κ1) is 35.0. The molecule has 0 bridgehead atoms. The van der Waals surface area contributed by atoms with E-state index in [1.165, 1.54) is 76.3 Å². The molecule has 50 heavy (non-hydrogen) atoms. The molecule has 1 heterocycles. The van der Waals surface area contributed by atoms with Crippen molar-refractivity contribution in [1.82, 2.24) is 4.98 Å². The summed E-state index contributed by atoms with van der Waals surface area (Å²) >= 11 is 0. The highest BCUT2D eigenvalue weighted by Gasteiger charge is 2.62. The average Bonchev–Trinajstić information content (AvgIpc) is 3.61. The molecule has 8 aliphatic carbocycles. The maximum atomic E-state index is 12.4. The van der Waals surface area contributed by atoms with Crippen LogP contribution in [0.3, 0.4) is 0 Å². The van der Waals surface area contributed by atoms with Gasteiger partial charge in [-0.15, -0.1) is 0 Å². The Kier molecular flexibility index (Phi) is 8.96. The van der Waals surface area contributed by atoms with Crippen LogP contribution < -0.4 is 0 Å². The van der Waals surface area contributed by atoms with Gasteiger partial charge in [-0.2, -0.15) is 0 Å². The Balaban J connectivity index is 0.000000149. The molecule has 13 atom stereocenters. The molecule has 0 amide bonds. The monoisotopic (exact) mass is 679 g/mol. The zero-order valence-corrected chi connectivity index (χ0v) is 32.2. The fourth-order valence-corrected chi connectivity index (χ4v) is 14.2. The van der Waals surface area contributed by atoms with Crippen molar-refractivity contribution in [2.45, 2.75) is 151 Å². The van der Waals surface area contributed by atoms with Crippen molar-refractivity contribution in [3.8, 4) is 0 Å². The fraction of sp³-hybridized carbons (Fsp3) is 0.761. The van der Waals surface area contributed by atoms with E-state index in [-0.39, 0.29) is 5.41 Å². The lowest BCUT2D eigenvalue weighted by molar-refractivity contribution is -0.149. The number of rotatable bonds is 2. The summed E-state index contributed by atoms with van der Waals surface area (Å²) in [6, 6.07) is 6.17. The third kappa shape index (κ3) is 5.41. The summed E-state index contributed by atoms with van der Waals surface area (Å²) in [5.74, 6) is 6.24. The number of ketones is 1. The van der Waals surface area contributed by atoms with Gasteiger partial charge < -0.3 is 5.11 Å². The summed E-state index contributed by atoms with van der Waals surface area (Å²) in [6.07, 6.45) is 25.0. The normalized spacial score (nSPS) is 48.4. The van der Waals surface area contributed by atoms with Crippen LogP contribution in [-0.4, -0.2) is 27.7 Å². The molecular formula is C46H66N2O2. The van der Waals surface area contributed by atoms with Crippen molar-refractivity contribution in [1.29, 1.82) is 0 Å². The molecule has 0 saturated heterocycles. The van der Waals surface area contributed by atoms with Crippen LogP contribution in [0.1, 0.15) is 144 Å². The molecule has 4 heteroatoms. The van der Waals surface area contributed by atoms with E-state index in [1.54, 1.807) is 5.57 Å². The predicted octanol–water partition coefficient (Wildman–Crippen LogP) is 10.7. The number of nitrogens with zero attached hydrogens (tertiary/aromatic N) is 2. The minimum Gasteiger partial charge on any atom is -0.392 e. The molecule has 272 valence electrons. The molecule has 0 aromatic carbocycles. The summed E-state index contributed by atoms with van der Waals surface area (Å²) in [5, 5.41) is 10.9. The lowest BCUT2D eigenvalue weighted by Gasteiger charge is -2.58. The van der Waals surface area contributed by atoms with E-state index in [0.717, 1.165) is 61.1 Å². The minimum atomic E-state index is -0.454. The minimum absolute atomic E-state index is 0.281. The van der Waals surface area contributed by atoms with Gasteiger partial charge in [-0.1, -0.05) is 64.0 Å². The molecule has 8 aliphatic rings. The first-order valence-electron chi connectivity index (χ1n) is 20.9. The number of hydrogen-bond acceptors (Lipinski definition) is 4. The molecule has 1 N–H and O–H groups in total. The van der Waals surface area contributed by atoms with Gasteiger partial charge in [0.1, 0.15) is 5.78 Å². The van der Waals surface area contributed by atoms with E-state index in [0.29, 0.717) is 40.8 Å². The number of aliphatic imine (C=N–C) groups is 1. The number of Topliss-reactive ketones (excluding diaryl/α,β-unsaturated/α-hetero) is 1. The number of aliphatic hydroxyl groups excluding tert-OH is 1. The highest BCUT2D eigenvalue weighted by Crippen LogP contribution is 2.66. The number of pyridine rings is 1. The van der Waals surface area contributed by atoms with E-state index in [1.807, 2.05) is 17.8 Å². The van der Waals surface area contributed by atoms with E-state index < -0.39 is 11.5 Å². The quantitative estimate of drug-likeness (QED) is 0.317.